The highest BCUT2D eigenvalue weighted by molar-refractivity contribution is 5.38. The second kappa shape index (κ2) is 5.50. The molecule has 2 nitrogen and oxygen atoms in total. The third-order valence-corrected chi connectivity index (χ3v) is 2.90. The lowest BCUT2D eigenvalue weighted by molar-refractivity contribution is 0.518. The van der Waals surface area contributed by atoms with Crippen LogP contribution in [0.4, 0.5) is 0 Å². The Hall–Kier alpha value is -1.57. The van der Waals surface area contributed by atoms with Crippen molar-refractivity contribution in [1.82, 2.24) is 4.90 Å². The number of nitrogens with zero attached hydrogens (tertiary/aromatic N) is 2. The fourth-order valence-electron chi connectivity index (χ4n) is 1.73. The van der Waals surface area contributed by atoms with Crippen LogP contribution in [0.5, 0.6) is 0 Å². The lowest BCUT2D eigenvalue weighted by Gasteiger charge is -2.25. The second-order valence-electron chi connectivity index (χ2n) is 4.02. The van der Waals surface area contributed by atoms with Crippen molar-refractivity contribution in [3.05, 3.63) is 47.5 Å². The van der Waals surface area contributed by atoms with Crippen LogP contribution in [0.1, 0.15) is 26.7 Å². The van der Waals surface area contributed by atoms with Crippen molar-refractivity contribution in [2.24, 2.45) is 4.99 Å². The molecule has 0 aliphatic heterocycles. The summed E-state index contributed by atoms with van der Waals surface area (Å²) in [4.78, 5) is 5.95. The normalized spacial score (nSPS) is 16.3. The van der Waals surface area contributed by atoms with Crippen molar-refractivity contribution in [2.45, 2.75) is 26.7 Å². The molecule has 0 saturated heterocycles. The van der Waals surface area contributed by atoms with Crippen molar-refractivity contribution in [3.63, 3.8) is 0 Å². The van der Waals surface area contributed by atoms with Gasteiger partial charge in [0.05, 0.1) is 0 Å². The topological polar surface area (TPSA) is 15.6 Å². The first-order valence-electron chi connectivity index (χ1n) is 5.52. The average Bonchev–Trinajstić information content (AvgIpc) is 2.30. The summed E-state index contributed by atoms with van der Waals surface area (Å²) in [5, 5.41) is 0. The molecule has 16 heavy (non-hydrogen) atoms. The van der Waals surface area contributed by atoms with Crippen molar-refractivity contribution < 1.29 is 0 Å². The molecule has 0 spiro atoms. The number of aliphatic imine (C=N–C) groups is 1. The van der Waals surface area contributed by atoms with E-state index >= 15 is 0 Å². The van der Waals surface area contributed by atoms with Gasteiger partial charge in [-0.15, -0.1) is 0 Å². The molecule has 1 aliphatic carbocycles. The Labute approximate surface area is 98.4 Å². The predicted molar refractivity (Wildman–Crippen MR) is 71.3 cm³/mol. The van der Waals surface area contributed by atoms with Crippen LogP contribution in [0.15, 0.2) is 52.5 Å². The minimum Gasteiger partial charge on any atom is -0.330 e. The molecule has 1 aliphatic rings. The van der Waals surface area contributed by atoms with Crippen LogP contribution in [0.25, 0.3) is 0 Å². The molecule has 0 fully saturated rings. The van der Waals surface area contributed by atoms with Gasteiger partial charge in [-0.3, -0.25) is 0 Å². The maximum absolute atomic E-state index is 4.12. The van der Waals surface area contributed by atoms with Gasteiger partial charge in [0.25, 0.3) is 0 Å². The average molecular weight is 216 g/mol. The molecule has 0 aromatic rings. The number of hydrogen-bond acceptors (Lipinski definition) is 2. The summed E-state index contributed by atoms with van der Waals surface area (Å²) in [6.07, 6.45) is 8.41. The molecule has 1 rings (SSSR count). The first kappa shape index (κ1) is 12.5. The molecule has 2 heteroatoms. The molecule has 0 radical (unpaired) electrons. The molecule has 0 aromatic heterocycles. The zero-order valence-corrected chi connectivity index (χ0v) is 10.5. The van der Waals surface area contributed by atoms with E-state index in [1.54, 1.807) is 0 Å². The maximum atomic E-state index is 4.12. The lowest BCUT2D eigenvalue weighted by Crippen LogP contribution is -2.17. The van der Waals surface area contributed by atoms with Crippen molar-refractivity contribution in [2.75, 3.05) is 7.05 Å². The SMILES string of the molecule is C=N/C(=C/C)N(C)C(=C)C1=CC=C(C)CC1. The minimum atomic E-state index is 0.845. The third-order valence-electron chi connectivity index (χ3n) is 2.90. The number of likely N-dealkylation sites (N-methyl/N-ethyl adjacent to an activating group) is 1. The van der Waals surface area contributed by atoms with Crippen molar-refractivity contribution in [1.29, 1.82) is 0 Å². The monoisotopic (exact) mass is 216 g/mol. The smallest absolute Gasteiger partial charge is 0.127 e. The van der Waals surface area contributed by atoms with E-state index in [0.717, 1.165) is 24.4 Å². The standard InChI is InChI=1S/C14H20N2/c1-6-14(15-4)16(5)12(3)13-9-7-11(2)8-10-13/h6-7,9H,3-4,8,10H2,1-2,5H3/b14-6-. The fraction of sp³-hybridized carbons (Fsp3) is 0.357. The Kier molecular flexibility index (Phi) is 4.29. The number of allylic oxidation sites excluding steroid dienone is 5. The highest BCUT2D eigenvalue weighted by Crippen LogP contribution is 2.26. The minimum absolute atomic E-state index is 0.845. The van der Waals surface area contributed by atoms with E-state index in [1.165, 1.54) is 11.1 Å². The molecule has 0 amide bonds. The molecule has 0 aromatic carbocycles. The quantitative estimate of drug-likeness (QED) is 0.655. The van der Waals surface area contributed by atoms with Gasteiger partial charge in [0.2, 0.25) is 0 Å². The van der Waals surface area contributed by atoms with Gasteiger partial charge in [0.15, 0.2) is 0 Å². The Balaban J connectivity index is 2.83. The predicted octanol–water partition coefficient (Wildman–Crippen LogP) is 3.66. The van der Waals surface area contributed by atoms with E-state index in [0.29, 0.717) is 0 Å². The van der Waals surface area contributed by atoms with Crippen LogP contribution in [0.3, 0.4) is 0 Å². The Bertz CT molecular complexity index is 384. The first-order chi connectivity index (χ1) is 7.60. The van der Waals surface area contributed by atoms with E-state index in [9.17, 15) is 0 Å². The Morgan fingerprint density at radius 2 is 2.12 bits per heavy atom. The van der Waals surface area contributed by atoms with E-state index in [2.05, 4.69) is 37.4 Å². The first-order valence-corrected chi connectivity index (χ1v) is 5.52. The van der Waals surface area contributed by atoms with Gasteiger partial charge in [-0.05, 0) is 45.1 Å². The highest BCUT2D eigenvalue weighted by Gasteiger charge is 2.12. The zero-order chi connectivity index (χ0) is 12.1. The summed E-state index contributed by atoms with van der Waals surface area (Å²) in [5.74, 6) is 0.845. The van der Waals surface area contributed by atoms with Crippen LogP contribution in [-0.2, 0) is 0 Å². The summed E-state index contributed by atoms with van der Waals surface area (Å²) < 4.78 is 0. The molecular weight excluding hydrogens is 196 g/mol. The molecule has 0 N–H and O–H groups in total. The van der Waals surface area contributed by atoms with Gasteiger partial charge < -0.3 is 4.90 Å². The van der Waals surface area contributed by atoms with Gasteiger partial charge in [-0.1, -0.05) is 24.3 Å². The van der Waals surface area contributed by atoms with Crippen molar-refractivity contribution in [3.8, 4) is 0 Å². The van der Waals surface area contributed by atoms with Gasteiger partial charge in [-0.25, -0.2) is 4.99 Å². The van der Waals surface area contributed by atoms with Crippen LogP contribution < -0.4 is 0 Å². The summed E-state index contributed by atoms with van der Waals surface area (Å²) in [7, 11) is 1.97. The van der Waals surface area contributed by atoms with Gasteiger partial charge in [-0.2, -0.15) is 0 Å². The third kappa shape index (κ3) is 2.72. The largest absolute Gasteiger partial charge is 0.330 e. The van der Waals surface area contributed by atoms with E-state index in [1.807, 2.05) is 24.9 Å². The summed E-state index contributed by atoms with van der Waals surface area (Å²) in [6.45, 7) is 11.8. The molecule has 0 atom stereocenters. The van der Waals surface area contributed by atoms with Crippen molar-refractivity contribution >= 4 is 6.72 Å². The van der Waals surface area contributed by atoms with Crippen LogP contribution in [0.2, 0.25) is 0 Å². The molecule has 0 saturated carbocycles. The van der Waals surface area contributed by atoms with Crippen LogP contribution in [0, 0.1) is 0 Å². The van der Waals surface area contributed by atoms with Gasteiger partial charge in [0.1, 0.15) is 5.82 Å². The molecule has 0 bridgehead atoms. The van der Waals surface area contributed by atoms with E-state index in [-0.39, 0.29) is 0 Å². The molecule has 0 heterocycles. The number of rotatable bonds is 4. The van der Waals surface area contributed by atoms with Gasteiger partial charge >= 0.3 is 0 Å². The summed E-state index contributed by atoms with van der Waals surface area (Å²) in [6, 6.07) is 0. The Morgan fingerprint density at radius 1 is 1.44 bits per heavy atom. The van der Waals surface area contributed by atoms with E-state index < -0.39 is 0 Å². The van der Waals surface area contributed by atoms with E-state index in [4.69, 9.17) is 0 Å². The summed E-state index contributed by atoms with van der Waals surface area (Å²) >= 11 is 0. The Morgan fingerprint density at radius 3 is 2.56 bits per heavy atom. The zero-order valence-electron chi connectivity index (χ0n) is 10.5. The number of hydrogen-bond donors (Lipinski definition) is 0. The van der Waals surface area contributed by atoms with Crippen LogP contribution >= 0.6 is 0 Å². The van der Waals surface area contributed by atoms with Gasteiger partial charge in [0, 0.05) is 12.7 Å². The summed E-state index contributed by atoms with van der Waals surface area (Å²) in [5.41, 5.74) is 3.70. The molecule has 86 valence electrons. The molecule has 0 unspecified atom stereocenters. The van der Waals surface area contributed by atoms with Crippen LogP contribution in [-0.4, -0.2) is 18.7 Å². The maximum Gasteiger partial charge on any atom is 0.127 e. The highest BCUT2D eigenvalue weighted by atomic mass is 15.2. The fourth-order valence-corrected chi connectivity index (χ4v) is 1.73. The second-order valence-corrected chi connectivity index (χ2v) is 4.02. The molecular formula is C14H20N2. The lowest BCUT2D eigenvalue weighted by atomic mass is 9.97.